The van der Waals surface area contributed by atoms with Gasteiger partial charge in [-0.05, 0) is 0 Å². The van der Waals surface area contributed by atoms with Gasteiger partial charge < -0.3 is 14.4 Å². The minimum Gasteiger partial charge on any atom is -0.367 e. The molecule has 0 bridgehead atoms. The Bertz CT molecular complexity index is 230. The largest absolute Gasteiger partial charge is 0.677 e. The van der Waals surface area contributed by atoms with Crippen LogP contribution in [0.4, 0.5) is 17.1 Å². The van der Waals surface area contributed by atoms with E-state index in [1.54, 1.807) is 0 Å². The van der Waals surface area contributed by atoms with Gasteiger partial charge in [-0.1, -0.05) is 3.89 Å². The number of halogens is 4. The normalized spacial score (nSPS) is 13.1. The fourth-order valence-corrected chi connectivity index (χ4v) is 0.466. The van der Waals surface area contributed by atoms with Gasteiger partial charge in [0, 0.05) is 0 Å². The van der Waals surface area contributed by atoms with Crippen LogP contribution < -0.4 is 0 Å². The van der Waals surface area contributed by atoms with Crippen LogP contribution in [0, 0.1) is 0 Å². The molecule has 0 aliphatic heterocycles. The standard InChI is InChI=1S/CH3F3O4Si.FHO3S/c2-1(3,4)8-9(5,6)7;1-5(2,3)4/h5-7H;(H,2,3,4). The van der Waals surface area contributed by atoms with Crippen LogP contribution in [0.2, 0.25) is 0 Å². The van der Waals surface area contributed by atoms with Crippen LogP contribution in [0.3, 0.4) is 0 Å². The highest BCUT2D eigenvalue weighted by Crippen LogP contribution is 2.18. The summed E-state index contributed by atoms with van der Waals surface area (Å²) in [5.41, 5.74) is 0. The van der Waals surface area contributed by atoms with E-state index in [9.17, 15) is 17.1 Å². The van der Waals surface area contributed by atoms with Gasteiger partial charge in [0.1, 0.15) is 0 Å². The molecule has 7 nitrogen and oxygen atoms in total. The molecule has 0 heterocycles. The summed E-state index contributed by atoms with van der Waals surface area (Å²) in [6, 6.07) is 0. The third-order valence-electron chi connectivity index (χ3n) is 0.253. The molecular weight excluding hydrogens is 260 g/mol. The SMILES string of the molecule is O=S(=O)(O)F.O[Si](O)(O)OC(F)(F)F. The minimum absolute atomic E-state index is 2.43. The molecule has 0 unspecified atom stereocenters. The first kappa shape index (κ1) is 16.1. The topological polar surface area (TPSA) is 124 Å². The Morgan fingerprint density at radius 2 is 1.36 bits per heavy atom. The van der Waals surface area contributed by atoms with Crippen molar-refractivity contribution in [2.75, 3.05) is 0 Å². The third kappa shape index (κ3) is 41.3. The molecule has 0 amide bonds. The van der Waals surface area contributed by atoms with E-state index in [4.69, 9.17) is 27.4 Å². The van der Waals surface area contributed by atoms with Gasteiger partial charge in [-0.3, -0.25) is 8.98 Å². The van der Waals surface area contributed by atoms with Gasteiger partial charge in [-0.25, -0.2) is 0 Å². The Morgan fingerprint density at radius 1 is 1.14 bits per heavy atom. The van der Waals surface area contributed by atoms with Crippen LogP contribution in [-0.2, 0) is 14.9 Å². The average molecular weight is 264 g/mol. The van der Waals surface area contributed by atoms with Gasteiger partial charge in [-0.15, -0.1) is 13.2 Å². The van der Waals surface area contributed by atoms with E-state index in [1.165, 1.54) is 0 Å². The molecule has 88 valence electrons. The highest BCUT2D eigenvalue weighted by molar-refractivity contribution is 7.80. The van der Waals surface area contributed by atoms with Crippen molar-refractivity contribution in [3.05, 3.63) is 0 Å². The van der Waals surface area contributed by atoms with Crippen LogP contribution in [0.25, 0.3) is 0 Å². The van der Waals surface area contributed by atoms with Crippen molar-refractivity contribution in [2.45, 2.75) is 6.36 Å². The number of hydrogen-bond donors (Lipinski definition) is 4. The number of hydrogen-bond acceptors (Lipinski definition) is 6. The lowest BCUT2D eigenvalue weighted by Gasteiger charge is -2.11. The van der Waals surface area contributed by atoms with E-state index in [-0.39, 0.29) is 0 Å². The molecule has 0 aromatic heterocycles. The summed E-state index contributed by atoms with van der Waals surface area (Å²) in [5.74, 6) is 0. The van der Waals surface area contributed by atoms with Crippen LogP contribution in [-0.4, -0.2) is 42.8 Å². The molecule has 0 aromatic rings. The maximum absolute atomic E-state index is 10.9. The van der Waals surface area contributed by atoms with Gasteiger partial charge in [0.05, 0.1) is 0 Å². The fraction of sp³-hybridized carbons (Fsp3) is 1.00. The Kier molecular flexibility index (Phi) is 5.72. The fourth-order valence-electron chi connectivity index (χ4n) is 0.155. The lowest BCUT2D eigenvalue weighted by molar-refractivity contribution is -0.302. The number of alkyl halides is 3. The van der Waals surface area contributed by atoms with Crippen LogP contribution in [0.1, 0.15) is 0 Å². The maximum Gasteiger partial charge on any atom is 0.677 e. The molecule has 0 atom stereocenters. The van der Waals surface area contributed by atoms with Crippen molar-refractivity contribution < 1.29 is 48.8 Å². The van der Waals surface area contributed by atoms with Gasteiger partial charge in [-0.2, -0.15) is 8.42 Å². The molecule has 0 aliphatic carbocycles. The average Bonchev–Trinajstić information content (AvgIpc) is 1.42. The van der Waals surface area contributed by atoms with Gasteiger partial charge >= 0.3 is 25.9 Å². The third-order valence-corrected chi connectivity index (χ3v) is 0.758. The number of rotatable bonds is 1. The summed E-state index contributed by atoms with van der Waals surface area (Å²) < 4.78 is 69.2. The molecule has 0 spiro atoms. The Morgan fingerprint density at radius 3 is 1.36 bits per heavy atom. The summed E-state index contributed by atoms with van der Waals surface area (Å²) in [6.45, 7) is 0. The minimum atomic E-state index is -5.42. The van der Waals surface area contributed by atoms with Crippen LogP contribution >= 0.6 is 0 Å². The van der Waals surface area contributed by atoms with Gasteiger partial charge in [0.15, 0.2) is 0 Å². The zero-order chi connectivity index (χ0) is 12.2. The van der Waals surface area contributed by atoms with E-state index in [0.717, 1.165) is 0 Å². The molecule has 13 heteroatoms. The first-order valence-corrected chi connectivity index (χ1v) is 5.41. The Labute approximate surface area is 75.7 Å². The molecule has 0 radical (unpaired) electrons. The van der Waals surface area contributed by atoms with E-state index in [0.29, 0.717) is 0 Å². The zero-order valence-electron chi connectivity index (χ0n) is 5.93. The lowest BCUT2D eigenvalue weighted by Crippen LogP contribution is -2.43. The summed E-state index contributed by atoms with van der Waals surface area (Å²) in [5, 5.41) is 0. The second kappa shape index (κ2) is 4.96. The van der Waals surface area contributed by atoms with Crippen molar-refractivity contribution in [3.8, 4) is 0 Å². The summed E-state index contributed by atoms with van der Waals surface area (Å²) in [4.78, 5) is 23.0. The highest BCUT2D eigenvalue weighted by atomic mass is 32.3. The summed E-state index contributed by atoms with van der Waals surface area (Å²) in [7, 11) is -10.6. The van der Waals surface area contributed by atoms with E-state index >= 15 is 0 Å². The van der Waals surface area contributed by atoms with Crippen LogP contribution in [0.5, 0.6) is 0 Å². The van der Waals surface area contributed by atoms with Crippen LogP contribution in [0.15, 0.2) is 0 Å². The molecule has 0 rings (SSSR count). The molecule has 0 saturated heterocycles. The smallest absolute Gasteiger partial charge is 0.367 e. The molecule has 0 aliphatic rings. The van der Waals surface area contributed by atoms with Crippen molar-refractivity contribution in [2.24, 2.45) is 0 Å². The zero-order valence-corrected chi connectivity index (χ0v) is 7.75. The van der Waals surface area contributed by atoms with Gasteiger partial charge in [0.2, 0.25) is 0 Å². The molecule has 14 heavy (non-hydrogen) atoms. The van der Waals surface area contributed by atoms with E-state index in [1.807, 2.05) is 0 Å². The predicted molar refractivity (Wildman–Crippen MR) is 32.2 cm³/mol. The Balaban J connectivity index is 0. The second-order valence-corrected chi connectivity index (χ2v) is 3.71. The molecular formula is CH4F4O7SSi. The van der Waals surface area contributed by atoms with Crippen molar-refractivity contribution in [1.29, 1.82) is 0 Å². The van der Waals surface area contributed by atoms with Crippen molar-refractivity contribution in [1.82, 2.24) is 0 Å². The monoisotopic (exact) mass is 264 g/mol. The first-order chi connectivity index (χ1) is 5.71. The molecule has 4 N–H and O–H groups in total. The van der Waals surface area contributed by atoms with Crippen molar-refractivity contribution >= 4 is 19.6 Å². The summed E-state index contributed by atoms with van der Waals surface area (Å²) in [6.07, 6.45) is -5.20. The summed E-state index contributed by atoms with van der Waals surface area (Å²) >= 11 is 0. The second-order valence-electron chi connectivity index (χ2n) is 1.53. The van der Waals surface area contributed by atoms with Gasteiger partial charge in [0.25, 0.3) is 0 Å². The first-order valence-electron chi connectivity index (χ1n) is 2.32. The molecule has 0 saturated carbocycles. The Hall–Kier alpha value is -0.313. The quantitative estimate of drug-likeness (QED) is 0.201. The lowest BCUT2D eigenvalue weighted by atomic mass is 11.4. The molecule has 0 aromatic carbocycles. The highest BCUT2D eigenvalue weighted by Gasteiger charge is 2.45. The molecule has 0 fully saturated rings. The van der Waals surface area contributed by atoms with E-state index < -0.39 is 25.9 Å². The van der Waals surface area contributed by atoms with Crippen molar-refractivity contribution in [3.63, 3.8) is 0 Å². The predicted octanol–water partition coefficient (Wildman–Crippen LogP) is -1.31. The maximum atomic E-state index is 10.9. The van der Waals surface area contributed by atoms with E-state index in [2.05, 4.69) is 4.43 Å².